The standard InChI is InChI=1S/C24H20Cl2N4O4S2/c1-15-11-17(3-7-21(15)29-35(31,32)19-5-9-23(25)27-13-19)18-4-8-22(16(2)12-18)30-36(33,34)20-6-10-24(26)28-14-20/h3-14,29-30H,1-2H3. The van der Waals surface area contributed by atoms with Gasteiger partial charge in [0.2, 0.25) is 0 Å². The van der Waals surface area contributed by atoms with Crippen molar-refractivity contribution in [3.05, 3.63) is 94.5 Å². The number of rotatable bonds is 7. The molecule has 2 aromatic carbocycles. The number of anilines is 2. The smallest absolute Gasteiger partial charge is 0.263 e. The number of halogens is 2. The average molecular weight is 563 g/mol. The maximum absolute atomic E-state index is 12.7. The van der Waals surface area contributed by atoms with Gasteiger partial charge in [-0.15, -0.1) is 0 Å². The molecule has 186 valence electrons. The highest BCUT2D eigenvalue weighted by atomic mass is 35.5. The first-order chi connectivity index (χ1) is 16.9. The van der Waals surface area contributed by atoms with Crippen molar-refractivity contribution in [1.29, 1.82) is 0 Å². The number of aryl methyl sites for hydroxylation is 2. The summed E-state index contributed by atoms with van der Waals surface area (Å²) in [5.74, 6) is 0. The van der Waals surface area contributed by atoms with E-state index >= 15 is 0 Å². The molecule has 2 N–H and O–H groups in total. The topological polar surface area (TPSA) is 118 Å². The number of pyridine rings is 2. The van der Waals surface area contributed by atoms with E-state index < -0.39 is 20.0 Å². The molecule has 4 aromatic rings. The fraction of sp³-hybridized carbons (Fsp3) is 0.0833. The van der Waals surface area contributed by atoms with Crippen molar-refractivity contribution in [2.45, 2.75) is 23.6 Å². The minimum absolute atomic E-state index is 0.00146. The summed E-state index contributed by atoms with van der Waals surface area (Å²) in [6.07, 6.45) is 2.38. The molecular weight excluding hydrogens is 543 g/mol. The van der Waals surface area contributed by atoms with Gasteiger partial charge in [-0.3, -0.25) is 9.44 Å². The second-order valence-corrected chi connectivity index (χ2v) is 12.0. The summed E-state index contributed by atoms with van der Waals surface area (Å²) < 4.78 is 55.8. The minimum atomic E-state index is -3.83. The van der Waals surface area contributed by atoms with Crippen LogP contribution in [0.25, 0.3) is 11.1 Å². The molecule has 0 aliphatic carbocycles. The Morgan fingerprint density at radius 1 is 0.611 bits per heavy atom. The Kier molecular flexibility index (Phi) is 7.24. The van der Waals surface area contributed by atoms with Crippen LogP contribution >= 0.6 is 23.2 Å². The van der Waals surface area contributed by atoms with Crippen LogP contribution in [-0.2, 0) is 20.0 Å². The van der Waals surface area contributed by atoms with Gasteiger partial charge in [0.1, 0.15) is 20.1 Å². The lowest BCUT2D eigenvalue weighted by atomic mass is 10.0. The quantitative estimate of drug-likeness (QED) is 0.280. The van der Waals surface area contributed by atoms with Gasteiger partial charge in [-0.2, -0.15) is 0 Å². The van der Waals surface area contributed by atoms with Gasteiger partial charge in [0, 0.05) is 12.4 Å². The van der Waals surface area contributed by atoms with Gasteiger partial charge in [-0.05, 0) is 84.6 Å². The lowest BCUT2D eigenvalue weighted by Crippen LogP contribution is -2.14. The number of aromatic nitrogens is 2. The SMILES string of the molecule is Cc1cc(-c2ccc(NS(=O)(=O)c3ccc(Cl)nc3)c(C)c2)ccc1NS(=O)(=O)c1ccc(Cl)nc1. The van der Waals surface area contributed by atoms with E-state index in [0.29, 0.717) is 22.5 Å². The number of benzene rings is 2. The van der Waals surface area contributed by atoms with Crippen LogP contribution < -0.4 is 9.44 Å². The molecule has 0 unspecified atom stereocenters. The Hall–Kier alpha value is -3.18. The van der Waals surface area contributed by atoms with Crippen LogP contribution in [0.2, 0.25) is 10.3 Å². The Morgan fingerprint density at radius 2 is 1.00 bits per heavy atom. The van der Waals surface area contributed by atoms with Gasteiger partial charge in [-0.1, -0.05) is 35.3 Å². The fourth-order valence-electron chi connectivity index (χ4n) is 3.37. The molecule has 0 spiro atoms. The number of hydrogen-bond donors (Lipinski definition) is 2. The van der Waals surface area contributed by atoms with E-state index in [4.69, 9.17) is 23.2 Å². The van der Waals surface area contributed by atoms with E-state index in [0.717, 1.165) is 11.1 Å². The zero-order chi connectivity index (χ0) is 26.1. The predicted molar refractivity (Wildman–Crippen MR) is 141 cm³/mol. The number of nitrogens with one attached hydrogen (secondary N) is 2. The molecule has 0 amide bonds. The summed E-state index contributed by atoms with van der Waals surface area (Å²) >= 11 is 11.5. The average Bonchev–Trinajstić information content (AvgIpc) is 2.82. The van der Waals surface area contributed by atoms with E-state index in [-0.39, 0.29) is 20.1 Å². The van der Waals surface area contributed by atoms with Gasteiger partial charge in [0.05, 0.1) is 11.4 Å². The Balaban J connectivity index is 1.55. The fourth-order valence-corrected chi connectivity index (χ4v) is 5.74. The van der Waals surface area contributed by atoms with Crippen LogP contribution in [0.15, 0.2) is 82.8 Å². The summed E-state index contributed by atoms with van der Waals surface area (Å²) in [4.78, 5) is 7.63. The zero-order valence-corrected chi connectivity index (χ0v) is 22.2. The van der Waals surface area contributed by atoms with Crippen molar-refractivity contribution in [1.82, 2.24) is 9.97 Å². The molecular formula is C24H20Cl2N4O4S2. The summed E-state index contributed by atoms with van der Waals surface area (Å²) in [5.41, 5.74) is 3.93. The molecule has 0 saturated heterocycles. The lowest BCUT2D eigenvalue weighted by molar-refractivity contribution is 0.599. The Morgan fingerprint density at radius 3 is 1.31 bits per heavy atom. The number of hydrogen-bond acceptors (Lipinski definition) is 6. The Labute approximate surface area is 219 Å². The Bertz CT molecular complexity index is 1520. The van der Waals surface area contributed by atoms with Crippen LogP contribution in [0.3, 0.4) is 0 Å². The van der Waals surface area contributed by atoms with E-state index in [9.17, 15) is 16.8 Å². The van der Waals surface area contributed by atoms with Crippen LogP contribution in [0.4, 0.5) is 11.4 Å². The predicted octanol–water partition coefficient (Wildman–Crippen LogP) is 5.67. The van der Waals surface area contributed by atoms with Gasteiger partial charge < -0.3 is 0 Å². The molecule has 0 fully saturated rings. The van der Waals surface area contributed by atoms with Crippen LogP contribution in [0.5, 0.6) is 0 Å². The van der Waals surface area contributed by atoms with Gasteiger partial charge >= 0.3 is 0 Å². The van der Waals surface area contributed by atoms with Crippen LogP contribution in [-0.4, -0.2) is 26.8 Å². The molecule has 4 rings (SSSR count). The first kappa shape index (κ1) is 25.9. The van der Waals surface area contributed by atoms with E-state index in [1.54, 1.807) is 38.1 Å². The molecule has 0 aliphatic heterocycles. The zero-order valence-electron chi connectivity index (χ0n) is 19.0. The normalized spacial score (nSPS) is 11.8. The maximum atomic E-state index is 12.7. The second-order valence-electron chi connectivity index (χ2n) is 7.90. The largest absolute Gasteiger partial charge is 0.279 e. The molecule has 0 atom stereocenters. The molecule has 0 radical (unpaired) electrons. The highest BCUT2D eigenvalue weighted by molar-refractivity contribution is 7.93. The van der Waals surface area contributed by atoms with Crippen molar-refractivity contribution in [2.75, 3.05) is 9.44 Å². The summed E-state index contributed by atoms with van der Waals surface area (Å²) in [6, 6.07) is 16.2. The maximum Gasteiger partial charge on any atom is 0.263 e. The highest BCUT2D eigenvalue weighted by Gasteiger charge is 2.18. The van der Waals surface area contributed by atoms with Gasteiger partial charge in [0.15, 0.2) is 0 Å². The summed E-state index contributed by atoms with van der Waals surface area (Å²) in [6.45, 7) is 3.58. The molecule has 0 saturated carbocycles. The third kappa shape index (κ3) is 5.79. The first-order valence-corrected chi connectivity index (χ1v) is 14.2. The minimum Gasteiger partial charge on any atom is -0.279 e. The number of sulfonamides is 2. The van der Waals surface area contributed by atoms with Crippen molar-refractivity contribution < 1.29 is 16.8 Å². The molecule has 0 bridgehead atoms. The van der Waals surface area contributed by atoms with Crippen molar-refractivity contribution in [2.24, 2.45) is 0 Å². The second kappa shape index (κ2) is 10.1. The molecule has 2 heterocycles. The molecule has 36 heavy (non-hydrogen) atoms. The van der Waals surface area contributed by atoms with E-state index in [1.807, 2.05) is 12.1 Å². The number of nitrogens with zero attached hydrogens (tertiary/aromatic N) is 2. The summed E-state index contributed by atoms with van der Waals surface area (Å²) in [7, 11) is -7.67. The highest BCUT2D eigenvalue weighted by Crippen LogP contribution is 2.30. The first-order valence-electron chi connectivity index (χ1n) is 10.4. The van der Waals surface area contributed by atoms with E-state index in [2.05, 4.69) is 19.4 Å². The van der Waals surface area contributed by atoms with Crippen molar-refractivity contribution in [3.63, 3.8) is 0 Å². The van der Waals surface area contributed by atoms with Gasteiger partial charge in [-0.25, -0.2) is 26.8 Å². The third-order valence-corrected chi connectivity index (χ3v) is 8.44. The van der Waals surface area contributed by atoms with Crippen LogP contribution in [0.1, 0.15) is 11.1 Å². The molecule has 2 aromatic heterocycles. The van der Waals surface area contributed by atoms with Crippen LogP contribution in [0, 0.1) is 13.8 Å². The summed E-state index contributed by atoms with van der Waals surface area (Å²) in [5, 5.41) is 0.399. The third-order valence-electron chi connectivity index (χ3n) is 5.30. The molecule has 0 aliphatic rings. The van der Waals surface area contributed by atoms with Crippen molar-refractivity contribution in [3.8, 4) is 11.1 Å². The molecule has 8 nitrogen and oxygen atoms in total. The molecule has 12 heteroatoms. The van der Waals surface area contributed by atoms with Gasteiger partial charge in [0.25, 0.3) is 20.0 Å². The monoisotopic (exact) mass is 562 g/mol. The van der Waals surface area contributed by atoms with E-state index in [1.165, 1.54) is 36.7 Å². The lowest BCUT2D eigenvalue weighted by Gasteiger charge is -2.14. The van der Waals surface area contributed by atoms with Crippen molar-refractivity contribution >= 4 is 54.6 Å².